The summed E-state index contributed by atoms with van der Waals surface area (Å²) >= 11 is 0. The Bertz CT molecular complexity index is 766. The van der Waals surface area contributed by atoms with Gasteiger partial charge in [-0.3, -0.25) is 4.79 Å². The molecule has 4 nitrogen and oxygen atoms in total. The van der Waals surface area contributed by atoms with Crippen LogP contribution >= 0.6 is 0 Å². The molecule has 26 heavy (non-hydrogen) atoms. The van der Waals surface area contributed by atoms with Crippen LogP contribution in [0, 0.1) is 0 Å². The smallest absolute Gasteiger partial charge is 0.224 e. The summed E-state index contributed by atoms with van der Waals surface area (Å²) in [4.78, 5) is 12.5. The van der Waals surface area contributed by atoms with Crippen molar-refractivity contribution < 1.29 is 14.3 Å². The van der Waals surface area contributed by atoms with Gasteiger partial charge in [0.05, 0.1) is 6.42 Å². The number of carbonyl (C=O) groups excluding carboxylic acids is 1. The molecule has 2 aromatic carbocycles. The van der Waals surface area contributed by atoms with Crippen molar-refractivity contribution in [2.45, 2.75) is 37.5 Å². The van der Waals surface area contributed by atoms with E-state index >= 15 is 0 Å². The third-order valence-electron chi connectivity index (χ3n) is 5.54. The van der Waals surface area contributed by atoms with Gasteiger partial charge in [0.15, 0.2) is 11.5 Å². The summed E-state index contributed by atoms with van der Waals surface area (Å²) < 4.78 is 11.1. The zero-order chi connectivity index (χ0) is 17.8. The maximum absolute atomic E-state index is 12.5. The van der Waals surface area contributed by atoms with Gasteiger partial charge >= 0.3 is 0 Å². The number of ether oxygens (including phenoxy) is 2. The summed E-state index contributed by atoms with van der Waals surface area (Å²) in [5.74, 6) is 1.55. The van der Waals surface area contributed by atoms with E-state index in [1.807, 2.05) is 24.3 Å². The lowest BCUT2D eigenvalue weighted by Gasteiger charge is -2.30. The largest absolute Gasteiger partial charge is 0.486 e. The molecule has 1 heterocycles. The summed E-state index contributed by atoms with van der Waals surface area (Å²) in [7, 11) is 0. The van der Waals surface area contributed by atoms with E-state index in [9.17, 15) is 4.79 Å². The van der Waals surface area contributed by atoms with Crippen molar-refractivity contribution in [3.63, 3.8) is 0 Å². The van der Waals surface area contributed by atoms with E-state index in [1.54, 1.807) is 0 Å². The molecule has 0 spiro atoms. The minimum absolute atomic E-state index is 0.0592. The molecule has 2 aliphatic rings. The lowest BCUT2D eigenvalue weighted by atomic mass is 9.79. The van der Waals surface area contributed by atoms with Crippen molar-refractivity contribution in [3.8, 4) is 11.5 Å². The van der Waals surface area contributed by atoms with E-state index in [0.29, 0.717) is 26.2 Å². The zero-order valence-electron chi connectivity index (χ0n) is 15.0. The van der Waals surface area contributed by atoms with Crippen molar-refractivity contribution in [3.05, 3.63) is 59.7 Å². The molecule has 0 atom stereocenters. The van der Waals surface area contributed by atoms with Crippen LogP contribution in [0.5, 0.6) is 11.5 Å². The molecule has 0 saturated heterocycles. The highest BCUT2D eigenvalue weighted by atomic mass is 16.6. The molecule has 1 saturated carbocycles. The van der Waals surface area contributed by atoms with Gasteiger partial charge in [-0.15, -0.1) is 0 Å². The molecule has 0 unspecified atom stereocenters. The predicted octanol–water partition coefficient (Wildman–Crippen LogP) is 3.63. The molecule has 0 aromatic heterocycles. The maximum Gasteiger partial charge on any atom is 0.224 e. The van der Waals surface area contributed by atoms with Crippen molar-refractivity contribution in [2.24, 2.45) is 0 Å². The van der Waals surface area contributed by atoms with Crippen LogP contribution in [0.3, 0.4) is 0 Å². The van der Waals surface area contributed by atoms with E-state index in [4.69, 9.17) is 9.47 Å². The van der Waals surface area contributed by atoms with Gasteiger partial charge in [-0.25, -0.2) is 0 Å². The van der Waals surface area contributed by atoms with Crippen LogP contribution < -0.4 is 14.8 Å². The number of carbonyl (C=O) groups is 1. The summed E-state index contributed by atoms with van der Waals surface area (Å²) in [6.07, 6.45) is 5.10. The van der Waals surface area contributed by atoms with Crippen LogP contribution in [0.4, 0.5) is 0 Å². The summed E-state index contributed by atoms with van der Waals surface area (Å²) in [5, 5.41) is 3.18. The van der Waals surface area contributed by atoms with Crippen LogP contribution in [0.15, 0.2) is 48.5 Å². The fourth-order valence-corrected chi connectivity index (χ4v) is 4.12. The molecule has 2 aromatic rings. The third kappa shape index (κ3) is 3.55. The molecular weight excluding hydrogens is 326 g/mol. The molecule has 1 aliphatic carbocycles. The first-order valence-electron chi connectivity index (χ1n) is 9.46. The fraction of sp³-hybridized carbons (Fsp3) is 0.409. The molecule has 0 radical (unpaired) electrons. The average Bonchev–Trinajstić information content (AvgIpc) is 3.17. The lowest BCUT2D eigenvalue weighted by Crippen LogP contribution is -2.39. The second-order valence-corrected chi connectivity index (χ2v) is 7.28. The van der Waals surface area contributed by atoms with E-state index in [-0.39, 0.29) is 11.3 Å². The molecule has 1 amide bonds. The topological polar surface area (TPSA) is 47.6 Å². The number of rotatable bonds is 5. The maximum atomic E-state index is 12.5. The van der Waals surface area contributed by atoms with Crippen LogP contribution in [0.1, 0.15) is 36.8 Å². The zero-order valence-corrected chi connectivity index (χ0v) is 15.0. The number of hydrogen-bond donors (Lipinski definition) is 1. The first-order chi connectivity index (χ1) is 12.8. The van der Waals surface area contributed by atoms with Crippen molar-refractivity contribution in [1.82, 2.24) is 5.32 Å². The molecular formula is C22H25NO3. The molecule has 0 bridgehead atoms. The van der Waals surface area contributed by atoms with Crippen LogP contribution in [-0.4, -0.2) is 25.7 Å². The normalized spacial score (nSPS) is 17.7. The monoisotopic (exact) mass is 351 g/mol. The average molecular weight is 351 g/mol. The van der Waals surface area contributed by atoms with E-state index in [0.717, 1.165) is 29.9 Å². The first-order valence-corrected chi connectivity index (χ1v) is 9.46. The highest BCUT2D eigenvalue weighted by Crippen LogP contribution is 2.40. The molecule has 1 aliphatic heterocycles. The minimum Gasteiger partial charge on any atom is -0.486 e. The van der Waals surface area contributed by atoms with E-state index < -0.39 is 0 Å². The predicted molar refractivity (Wildman–Crippen MR) is 101 cm³/mol. The van der Waals surface area contributed by atoms with Gasteiger partial charge in [0, 0.05) is 12.0 Å². The van der Waals surface area contributed by atoms with Gasteiger partial charge in [-0.05, 0) is 36.1 Å². The quantitative estimate of drug-likeness (QED) is 0.895. The number of amides is 1. The Labute approximate surface area is 154 Å². The highest BCUT2D eigenvalue weighted by Gasteiger charge is 2.35. The first kappa shape index (κ1) is 17.0. The Morgan fingerprint density at radius 1 is 0.962 bits per heavy atom. The van der Waals surface area contributed by atoms with E-state index in [2.05, 4.69) is 29.6 Å². The minimum atomic E-state index is 0.0592. The SMILES string of the molecule is O=C(Cc1ccc2c(c1)OCCO2)NCC1(c2ccccc2)CCCC1. The summed E-state index contributed by atoms with van der Waals surface area (Å²) in [6.45, 7) is 1.84. The van der Waals surface area contributed by atoms with Gasteiger partial charge < -0.3 is 14.8 Å². The Morgan fingerprint density at radius 3 is 2.46 bits per heavy atom. The van der Waals surface area contributed by atoms with Crippen molar-refractivity contribution in [1.29, 1.82) is 0 Å². The Kier molecular flexibility index (Phi) is 4.83. The van der Waals surface area contributed by atoms with E-state index in [1.165, 1.54) is 18.4 Å². The van der Waals surface area contributed by atoms with Crippen molar-refractivity contribution in [2.75, 3.05) is 19.8 Å². The summed E-state index contributed by atoms with van der Waals surface area (Å²) in [5.41, 5.74) is 2.38. The van der Waals surface area contributed by atoms with Gasteiger partial charge in [0.25, 0.3) is 0 Å². The third-order valence-corrected chi connectivity index (χ3v) is 5.54. The highest BCUT2D eigenvalue weighted by molar-refractivity contribution is 5.79. The second kappa shape index (κ2) is 7.40. The number of hydrogen-bond acceptors (Lipinski definition) is 3. The molecule has 4 rings (SSSR count). The second-order valence-electron chi connectivity index (χ2n) is 7.28. The fourth-order valence-electron chi connectivity index (χ4n) is 4.12. The van der Waals surface area contributed by atoms with Crippen LogP contribution in [-0.2, 0) is 16.6 Å². The number of fused-ring (bicyclic) bond motifs is 1. The Balaban J connectivity index is 1.40. The molecule has 4 heteroatoms. The number of benzene rings is 2. The number of nitrogens with one attached hydrogen (secondary N) is 1. The van der Waals surface area contributed by atoms with Gasteiger partial charge in [0.2, 0.25) is 5.91 Å². The van der Waals surface area contributed by atoms with Gasteiger partial charge in [-0.2, -0.15) is 0 Å². The molecule has 1 fully saturated rings. The van der Waals surface area contributed by atoms with Crippen molar-refractivity contribution >= 4 is 5.91 Å². The molecule has 136 valence electrons. The lowest BCUT2D eigenvalue weighted by molar-refractivity contribution is -0.120. The van der Waals surface area contributed by atoms with Gasteiger partial charge in [0.1, 0.15) is 13.2 Å². The Hall–Kier alpha value is -2.49. The van der Waals surface area contributed by atoms with Gasteiger partial charge in [-0.1, -0.05) is 49.2 Å². The van der Waals surface area contributed by atoms with Crippen LogP contribution in [0.25, 0.3) is 0 Å². The standard InChI is InChI=1S/C22H25NO3/c24-21(15-17-8-9-19-20(14-17)26-13-12-25-19)23-16-22(10-4-5-11-22)18-6-2-1-3-7-18/h1-3,6-9,14H,4-5,10-13,15-16H2,(H,23,24). The summed E-state index contributed by atoms with van der Waals surface area (Å²) in [6, 6.07) is 16.4. The Morgan fingerprint density at radius 2 is 1.69 bits per heavy atom. The molecule has 1 N–H and O–H groups in total. The van der Waals surface area contributed by atoms with Crippen LogP contribution in [0.2, 0.25) is 0 Å².